The zero-order valence-electron chi connectivity index (χ0n) is 15.8. The van der Waals surface area contributed by atoms with E-state index in [1.54, 1.807) is 0 Å². The van der Waals surface area contributed by atoms with Crippen molar-refractivity contribution in [3.05, 3.63) is 12.7 Å². The lowest BCUT2D eigenvalue weighted by Crippen LogP contribution is -1.98. The van der Waals surface area contributed by atoms with Crippen molar-refractivity contribution in [3.8, 4) is 0 Å². The maximum Gasteiger partial charge on any atom is -0.0319 e. The molecule has 0 aliphatic rings. The summed E-state index contributed by atoms with van der Waals surface area (Å²) in [6.07, 6.45) is 25.8. The summed E-state index contributed by atoms with van der Waals surface area (Å²) in [5, 5.41) is 0. The molecule has 0 spiro atoms. The van der Waals surface area contributed by atoms with E-state index in [4.69, 9.17) is 6.58 Å². The van der Waals surface area contributed by atoms with Gasteiger partial charge in [0.25, 0.3) is 0 Å². The number of hydrogen-bond donors (Lipinski definition) is 0. The molecule has 0 heteroatoms. The van der Waals surface area contributed by atoms with Crippen LogP contribution in [-0.2, 0) is 0 Å². The molecule has 0 aromatic heterocycles. The van der Waals surface area contributed by atoms with Crippen LogP contribution in [0.1, 0.15) is 123 Å². The summed E-state index contributed by atoms with van der Waals surface area (Å²) in [6, 6.07) is 0. The standard InChI is InChI=1S/C22H43/c1-4-7-8-9-10-11-12-13-14-15-16-17-18-21-22(19-5-2)20-6-3/h2,5,22H,4,6-21H2,1,3H3. The van der Waals surface area contributed by atoms with Crippen LogP contribution < -0.4 is 0 Å². The van der Waals surface area contributed by atoms with Crippen molar-refractivity contribution in [3.63, 3.8) is 0 Å². The van der Waals surface area contributed by atoms with Crippen LogP contribution in [0.25, 0.3) is 0 Å². The fraction of sp³-hybridized carbons (Fsp3) is 0.909. The Morgan fingerprint density at radius 2 is 1.05 bits per heavy atom. The average Bonchev–Trinajstić information content (AvgIpc) is 2.52. The Morgan fingerprint density at radius 3 is 1.45 bits per heavy atom. The van der Waals surface area contributed by atoms with E-state index < -0.39 is 0 Å². The van der Waals surface area contributed by atoms with Crippen molar-refractivity contribution < 1.29 is 0 Å². The second kappa shape index (κ2) is 18.8. The molecule has 0 fully saturated rings. The van der Waals surface area contributed by atoms with E-state index in [0.717, 1.165) is 12.3 Å². The number of unbranched alkanes of at least 4 members (excludes halogenated alkanes) is 12. The molecule has 0 aromatic carbocycles. The predicted molar refractivity (Wildman–Crippen MR) is 102 cm³/mol. The molecule has 0 nitrogen and oxygen atoms in total. The van der Waals surface area contributed by atoms with Crippen molar-refractivity contribution in [2.75, 3.05) is 0 Å². The molecule has 0 bridgehead atoms. The Bertz CT molecular complexity index is 206. The predicted octanol–water partition coefficient (Wildman–Crippen LogP) is 8.26. The number of rotatable bonds is 18. The first-order valence-electron chi connectivity index (χ1n) is 10.4. The van der Waals surface area contributed by atoms with Crippen molar-refractivity contribution in [1.82, 2.24) is 0 Å². The second-order valence-corrected chi connectivity index (χ2v) is 7.16. The van der Waals surface area contributed by atoms with E-state index in [1.165, 1.54) is 103 Å². The zero-order valence-corrected chi connectivity index (χ0v) is 15.8. The third-order valence-corrected chi connectivity index (χ3v) is 4.88. The van der Waals surface area contributed by atoms with Crippen LogP contribution in [0, 0.1) is 12.5 Å². The minimum atomic E-state index is 0.850. The molecule has 0 rings (SSSR count). The second-order valence-electron chi connectivity index (χ2n) is 7.16. The maximum absolute atomic E-state index is 5.58. The van der Waals surface area contributed by atoms with Gasteiger partial charge in [-0.05, 0) is 12.3 Å². The van der Waals surface area contributed by atoms with Gasteiger partial charge in [0.1, 0.15) is 0 Å². The summed E-state index contributed by atoms with van der Waals surface area (Å²) in [5.41, 5.74) is 0. The number of hydrogen-bond acceptors (Lipinski definition) is 0. The summed E-state index contributed by atoms with van der Waals surface area (Å²) in [4.78, 5) is 0. The van der Waals surface area contributed by atoms with Crippen molar-refractivity contribution in [2.24, 2.45) is 5.92 Å². The molecule has 1 atom stereocenters. The van der Waals surface area contributed by atoms with Gasteiger partial charge in [-0.15, -0.1) is 0 Å². The third-order valence-electron chi connectivity index (χ3n) is 4.88. The quantitative estimate of drug-likeness (QED) is 0.223. The molecule has 0 aromatic rings. The Kier molecular flexibility index (Phi) is 18.6. The highest BCUT2D eigenvalue weighted by Gasteiger charge is 2.05. The largest absolute Gasteiger partial charge is 0.0843 e. The normalized spacial score (nSPS) is 12.5. The first-order valence-corrected chi connectivity index (χ1v) is 10.4. The van der Waals surface area contributed by atoms with E-state index in [0.29, 0.717) is 0 Å². The van der Waals surface area contributed by atoms with Gasteiger partial charge in [-0.2, -0.15) is 0 Å². The topological polar surface area (TPSA) is 0 Å². The van der Waals surface area contributed by atoms with E-state index >= 15 is 0 Å². The third kappa shape index (κ3) is 16.1. The Morgan fingerprint density at radius 1 is 0.591 bits per heavy atom. The van der Waals surface area contributed by atoms with Gasteiger partial charge >= 0.3 is 0 Å². The first-order chi connectivity index (χ1) is 10.8. The molecular weight excluding hydrogens is 264 g/mol. The smallest absolute Gasteiger partial charge is 0.0319 e. The van der Waals surface area contributed by atoms with Gasteiger partial charge in [0.05, 0.1) is 0 Å². The lowest BCUT2D eigenvalue weighted by molar-refractivity contribution is 0.422. The van der Waals surface area contributed by atoms with Gasteiger partial charge in [-0.25, -0.2) is 0 Å². The Balaban J connectivity index is 3.17. The van der Waals surface area contributed by atoms with Crippen LogP contribution >= 0.6 is 0 Å². The monoisotopic (exact) mass is 307 g/mol. The van der Waals surface area contributed by atoms with Gasteiger partial charge < -0.3 is 0 Å². The molecule has 1 unspecified atom stereocenters. The maximum atomic E-state index is 5.58. The summed E-state index contributed by atoms with van der Waals surface area (Å²) >= 11 is 0. The molecule has 0 N–H and O–H groups in total. The molecule has 0 heterocycles. The van der Waals surface area contributed by atoms with Crippen LogP contribution in [0.2, 0.25) is 0 Å². The zero-order chi connectivity index (χ0) is 16.3. The highest BCUT2D eigenvalue weighted by atomic mass is 14.1. The molecule has 0 saturated heterocycles. The van der Waals surface area contributed by atoms with E-state index in [9.17, 15) is 0 Å². The number of allylic oxidation sites excluding steroid dienone is 1. The highest BCUT2D eigenvalue weighted by Crippen LogP contribution is 2.20. The first kappa shape index (κ1) is 21.7. The van der Waals surface area contributed by atoms with E-state index in [2.05, 4.69) is 13.8 Å². The molecule has 1 radical (unpaired) electrons. The molecule has 22 heavy (non-hydrogen) atoms. The lowest BCUT2D eigenvalue weighted by Gasteiger charge is -2.13. The van der Waals surface area contributed by atoms with Gasteiger partial charge in [0.2, 0.25) is 0 Å². The van der Waals surface area contributed by atoms with Crippen LogP contribution in [-0.4, -0.2) is 0 Å². The Labute approximate surface area is 142 Å². The fourth-order valence-electron chi connectivity index (χ4n) is 3.43. The van der Waals surface area contributed by atoms with Crippen LogP contribution in [0.15, 0.2) is 6.08 Å². The molecular formula is C22H43. The minimum absolute atomic E-state index is 0.850. The van der Waals surface area contributed by atoms with Crippen LogP contribution in [0.5, 0.6) is 0 Å². The molecule has 0 aliphatic carbocycles. The van der Waals surface area contributed by atoms with E-state index in [-0.39, 0.29) is 0 Å². The highest BCUT2D eigenvalue weighted by molar-refractivity contribution is 4.70. The van der Waals surface area contributed by atoms with Gasteiger partial charge in [0.15, 0.2) is 0 Å². The van der Waals surface area contributed by atoms with Crippen LogP contribution in [0.4, 0.5) is 0 Å². The minimum Gasteiger partial charge on any atom is -0.0843 e. The van der Waals surface area contributed by atoms with E-state index in [1.807, 2.05) is 6.08 Å². The SMILES string of the molecule is [CH]=CCC(CCC)CCCCCCCCCCCCCCC. The van der Waals surface area contributed by atoms with Gasteiger partial charge in [-0.1, -0.05) is 129 Å². The average molecular weight is 308 g/mol. The van der Waals surface area contributed by atoms with Crippen molar-refractivity contribution in [1.29, 1.82) is 0 Å². The van der Waals surface area contributed by atoms with Gasteiger partial charge in [0, 0.05) is 0 Å². The summed E-state index contributed by atoms with van der Waals surface area (Å²) in [6.45, 7) is 10.2. The lowest BCUT2D eigenvalue weighted by atomic mass is 9.93. The fourth-order valence-corrected chi connectivity index (χ4v) is 3.43. The van der Waals surface area contributed by atoms with Crippen LogP contribution in [0.3, 0.4) is 0 Å². The summed E-state index contributed by atoms with van der Waals surface area (Å²) in [7, 11) is 0. The van der Waals surface area contributed by atoms with Crippen molar-refractivity contribution in [2.45, 2.75) is 123 Å². The molecule has 0 aliphatic heterocycles. The molecule has 131 valence electrons. The summed E-state index contributed by atoms with van der Waals surface area (Å²) in [5.74, 6) is 0.850. The molecule has 0 saturated carbocycles. The summed E-state index contributed by atoms with van der Waals surface area (Å²) < 4.78 is 0. The Hall–Kier alpha value is -0.260. The molecule has 0 amide bonds. The van der Waals surface area contributed by atoms with Crippen molar-refractivity contribution >= 4 is 0 Å². The van der Waals surface area contributed by atoms with Gasteiger partial charge in [-0.3, -0.25) is 0 Å².